The molecule has 0 amide bonds. The molecule has 2 rings (SSSR count). The fraction of sp³-hybridized carbons (Fsp3) is 0.867. The lowest BCUT2D eigenvalue weighted by molar-refractivity contribution is -0.151. The normalized spacial score (nSPS) is 23.6. The van der Waals surface area contributed by atoms with Gasteiger partial charge in [-0.15, -0.1) is 0 Å². The molecule has 114 valence electrons. The van der Waals surface area contributed by atoms with Gasteiger partial charge in [0, 0.05) is 19.5 Å². The first kappa shape index (κ1) is 15.3. The first-order valence-corrected chi connectivity index (χ1v) is 7.60. The molecule has 1 aliphatic heterocycles. The topological polar surface area (TPSA) is 66.8 Å². The maximum Gasteiger partial charge on any atom is 0.320 e. The quantitative estimate of drug-likeness (QED) is 0.782. The molecule has 0 radical (unpaired) electrons. The Kier molecular flexibility index (Phi) is 5.02. The van der Waals surface area contributed by atoms with Crippen LogP contribution in [-0.4, -0.2) is 48.2 Å². The summed E-state index contributed by atoms with van der Waals surface area (Å²) in [6.45, 7) is 1.76. The maximum absolute atomic E-state index is 11.4. The SMILES string of the molecule is COC(=O)CCC(C(=O)O)N1CC2(CCCCCC2)C1. The van der Waals surface area contributed by atoms with E-state index in [0.717, 1.165) is 13.1 Å². The molecule has 2 fully saturated rings. The van der Waals surface area contributed by atoms with E-state index in [1.54, 1.807) is 0 Å². The van der Waals surface area contributed by atoms with Crippen molar-refractivity contribution in [1.82, 2.24) is 4.90 Å². The largest absolute Gasteiger partial charge is 0.480 e. The number of ether oxygens (including phenoxy) is 1. The molecule has 1 saturated carbocycles. The molecule has 5 heteroatoms. The Hall–Kier alpha value is -1.10. The molecule has 2 aliphatic rings. The van der Waals surface area contributed by atoms with Crippen LogP contribution in [0.2, 0.25) is 0 Å². The number of esters is 1. The fourth-order valence-electron chi connectivity index (χ4n) is 3.65. The van der Waals surface area contributed by atoms with Gasteiger partial charge in [-0.1, -0.05) is 25.7 Å². The predicted octanol–water partition coefficient (Wildman–Crippen LogP) is 2.05. The van der Waals surface area contributed by atoms with E-state index < -0.39 is 12.0 Å². The lowest BCUT2D eigenvalue weighted by atomic mass is 9.72. The van der Waals surface area contributed by atoms with Crippen LogP contribution in [0.4, 0.5) is 0 Å². The molecular weight excluding hydrogens is 258 g/mol. The van der Waals surface area contributed by atoms with Crippen molar-refractivity contribution in [3.63, 3.8) is 0 Å². The van der Waals surface area contributed by atoms with E-state index in [1.165, 1.54) is 45.6 Å². The molecule has 0 aromatic carbocycles. The summed E-state index contributed by atoms with van der Waals surface area (Å²) >= 11 is 0. The number of carboxylic acid groups (broad SMARTS) is 1. The van der Waals surface area contributed by atoms with E-state index in [9.17, 15) is 14.7 Å². The second-order valence-corrected chi connectivity index (χ2v) is 6.29. The second kappa shape index (κ2) is 6.57. The molecule has 5 nitrogen and oxygen atoms in total. The van der Waals surface area contributed by atoms with E-state index in [0.29, 0.717) is 11.8 Å². The monoisotopic (exact) mass is 283 g/mol. The van der Waals surface area contributed by atoms with Crippen LogP contribution in [0.25, 0.3) is 0 Å². The number of carbonyl (C=O) groups is 2. The summed E-state index contributed by atoms with van der Waals surface area (Å²) in [4.78, 5) is 24.6. The van der Waals surface area contributed by atoms with Gasteiger partial charge in [-0.05, 0) is 24.7 Å². The summed E-state index contributed by atoms with van der Waals surface area (Å²) in [6.07, 6.45) is 8.15. The molecule has 1 aliphatic carbocycles. The third kappa shape index (κ3) is 3.51. The smallest absolute Gasteiger partial charge is 0.320 e. The van der Waals surface area contributed by atoms with E-state index in [4.69, 9.17) is 0 Å². The van der Waals surface area contributed by atoms with E-state index in [1.807, 2.05) is 4.90 Å². The van der Waals surface area contributed by atoms with Gasteiger partial charge in [-0.25, -0.2) is 0 Å². The number of carbonyl (C=O) groups excluding carboxylic acids is 1. The summed E-state index contributed by atoms with van der Waals surface area (Å²) < 4.78 is 4.59. The average molecular weight is 283 g/mol. The number of hydrogen-bond acceptors (Lipinski definition) is 4. The van der Waals surface area contributed by atoms with Crippen molar-refractivity contribution in [2.45, 2.75) is 57.4 Å². The summed E-state index contributed by atoms with van der Waals surface area (Å²) in [5.41, 5.74) is 0.357. The zero-order valence-corrected chi connectivity index (χ0v) is 12.3. The minimum Gasteiger partial charge on any atom is -0.480 e. The van der Waals surface area contributed by atoms with Crippen molar-refractivity contribution in [1.29, 1.82) is 0 Å². The summed E-state index contributed by atoms with van der Waals surface area (Å²) in [7, 11) is 1.34. The molecule has 1 atom stereocenters. The second-order valence-electron chi connectivity index (χ2n) is 6.29. The van der Waals surface area contributed by atoms with Gasteiger partial charge in [-0.3, -0.25) is 14.5 Å². The third-order valence-electron chi connectivity index (χ3n) is 4.82. The molecule has 0 aromatic heterocycles. The number of methoxy groups -OCH3 is 1. The molecule has 1 heterocycles. The Balaban J connectivity index is 1.86. The van der Waals surface area contributed by atoms with Gasteiger partial charge in [0.05, 0.1) is 7.11 Å². The zero-order chi connectivity index (χ0) is 14.6. The van der Waals surface area contributed by atoms with Crippen LogP contribution in [-0.2, 0) is 14.3 Å². The van der Waals surface area contributed by atoms with E-state index >= 15 is 0 Å². The minimum atomic E-state index is -0.822. The van der Waals surface area contributed by atoms with Crippen LogP contribution in [0.1, 0.15) is 51.4 Å². The Morgan fingerprint density at radius 1 is 1.20 bits per heavy atom. The van der Waals surface area contributed by atoms with Crippen molar-refractivity contribution in [2.24, 2.45) is 5.41 Å². The van der Waals surface area contributed by atoms with Gasteiger partial charge in [0.1, 0.15) is 6.04 Å². The van der Waals surface area contributed by atoms with Crippen molar-refractivity contribution < 1.29 is 19.4 Å². The van der Waals surface area contributed by atoms with Crippen LogP contribution in [0.3, 0.4) is 0 Å². The summed E-state index contributed by atoms with van der Waals surface area (Å²) in [5.74, 6) is -1.15. The Labute approximate surface area is 120 Å². The first-order valence-electron chi connectivity index (χ1n) is 7.60. The minimum absolute atomic E-state index is 0.178. The Morgan fingerprint density at radius 2 is 1.80 bits per heavy atom. The van der Waals surface area contributed by atoms with Crippen LogP contribution in [0.15, 0.2) is 0 Å². The van der Waals surface area contributed by atoms with Crippen molar-refractivity contribution in [3.05, 3.63) is 0 Å². The van der Waals surface area contributed by atoms with E-state index in [-0.39, 0.29) is 12.4 Å². The molecule has 0 bridgehead atoms. The first-order chi connectivity index (χ1) is 9.56. The van der Waals surface area contributed by atoms with Gasteiger partial charge in [0.25, 0.3) is 0 Å². The number of nitrogens with zero attached hydrogens (tertiary/aromatic N) is 1. The van der Waals surface area contributed by atoms with Gasteiger partial charge in [0.2, 0.25) is 0 Å². The highest BCUT2D eigenvalue weighted by Gasteiger charge is 2.46. The average Bonchev–Trinajstić information content (AvgIpc) is 2.63. The molecule has 0 aromatic rings. The van der Waals surface area contributed by atoms with Crippen LogP contribution in [0, 0.1) is 5.41 Å². The predicted molar refractivity (Wildman–Crippen MR) is 74.4 cm³/mol. The molecule has 1 unspecified atom stereocenters. The molecule has 1 saturated heterocycles. The Morgan fingerprint density at radius 3 is 2.30 bits per heavy atom. The van der Waals surface area contributed by atoms with Crippen LogP contribution in [0.5, 0.6) is 0 Å². The summed E-state index contributed by atoms with van der Waals surface area (Å²) in [5, 5.41) is 9.34. The van der Waals surface area contributed by atoms with Crippen molar-refractivity contribution >= 4 is 11.9 Å². The van der Waals surface area contributed by atoms with Crippen molar-refractivity contribution in [3.8, 4) is 0 Å². The zero-order valence-electron chi connectivity index (χ0n) is 12.3. The molecule has 1 N–H and O–H groups in total. The van der Waals surface area contributed by atoms with E-state index in [2.05, 4.69) is 4.74 Å². The van der Waals surface area contributed by atoms with Gasteiger partial charge >= 0.3 is 11.9 Å². The van der Waals surface area contributed by atoms with Crippen LogP contribution < -0.4 is 0 Å². The van der Waals surface area contributed by atoms with Gasteiger partial charge < -0.3 is 9.84 Å². The van der Waals surface area contributed by atoms with Gasteiger partial charge in [-0.2, -0.15) is 0 Å². The highest BCUT2D eigenvalue weighted by atomic mass is 16.5. The van der Waals surface area contributed by atoms with Gasteiger partial charge in [0.15, 0.2) is 0 Å². The standard InChI is InChI=1S/C15H25NO4/c1-20-13(17)7-6-12(14(18)19)16-10-15(11-16)8-4-2-3-5-9-15/h12H,2-11H2,1H3,(H,18,19). The highest BCUT2D eigenvalue weighted by Crippen LogP contribution is 2.43. The number of rotatable bonds is 5. The lowest BCUT2D eigenvalue weighted by Crippen LogP contribution is -2.61. The molecule has 1 spiro atoms. The summed E-state index contributed by atoms with van der Waals surface area (Å²) in [6, 6.07) is -0.539. The fourth-order valence-corrected chi connectivity index (χ4v) is 3.65. The maximum atomic E-state index is 11.4. The number of aliphatic carboxylic acids is 1. The third-order valence-corrected chi connectivity index (χ3v) is 4.82. The van der Waals surface area contributed by atoms with Crippen LogP contribution >= 0.6 is 0 Å². The number of hydrogen-bond donors (Lipinski definition) is 1. The van der Waals surface area contributed by atoms with Crippen molar-refractivity contribution in [2.75, 3.05) is 20.2 Å². The number of likely N-dealkylation sites (tertiary alicyclic amines) is 1. The molecular formula is C15H25NO4. The molecule has 20 heavy (non-hydrogen) atoms. The number of carboxylic acids is 1. The highest BCUT2D eigenvalue weighted by molar-refractivity contribution is 5.75. The lowest BCUT2D eigenvalue weighted by Gasteiger charge is -2.52. The Bertz CT molecular complexity index is 353.